The minimum atomic E-state index is -0.191. The molecule has 1 aromatic rings. The number of aryl methyl sites for hydroxylation is 2. The molecule has 98 valence electrons. The summed E-state index contributed by atoms with van der Waals surface area (Å²) in [7, 11) is 0. The zero-order valence-corrected chi connectivity index (χ0v) is 11.3. The lowest BCUT2D eigenvalue weighted by Gasteiger charge is -2.20. The summed E-state index contributed by atoms with van der Waals surface area (Å²) < 4.78 is 13.5. The fourth-order valence-electron chi connectivity index (χ4n) is 2.88. The van der Waals surface area contributed by atoms with Crippen LogP contribution in [0.25, 0.3) is 0 Å². The molecule has 0 radical (unpaired) electrons. The molecule has 0 aliphatic heterocycles. The predicted molar refractivity (Wildman–Crippen MR) is 71.4 cm³/mol. The predicted octanol–water partition coefficient (Wildman–Crippen LogP) is 4.60. The molecule has 0 N–H and O–H groups in total. The molecule has 1 aliphatic rings. The Morgan fingerprint density at radius 3 is 2.28 bits per heavy atom. The van der Waals surface area contributed by atoms with Gasteiger partial charge in [0.15, 0.2) is 5.78 Å². The number of hydrogen-bond donors (Lipinski definition) is 0. The lowest BCUT2D eigenvalue weighted by molar-refractivity contribution is 0.0950. The fourth-order valence-corrected chi connectivity index (χ4v) is 2.88. The quantitative estimate of drug-likeness (QED) is 0.715. The Kier molecular flexibility index (Phi) is 4.15. The van der Waals surface area contributed by atoms with E-state index in [2.05, 4.69) is 0 Å². The summed E-state index contributed by atoms with van der Waals surface area (Å²) in [6.45, 7) is 3.44. The zero-order valence-electron chi connectivity index (χ0n) is 11.3. The summed E-state index contributed by atoms with van der Waals surface area (Å²) in [5.74, 6) is 0.522. The van der Waals surface area contributed by atoms with Gasteiger partial charge in [0, 0.05) is 12.0 Å². The van der Waals surface area contributed by atoms with E-state index in [1.807, 2.05) is 0 Å². The maximum atomic E-state index is 13.5. The maximum absolute atomic E-state index is 13.5. The fraction of sp³-hybridized carbons (Fsp3) is 0.562. The number of Topliss-reactive ketones (excluding diaryl/α,β-unsaturated/α-hetero) is 1. The van der Waals surface area contributed by atoms with E-state index in [-0.39, 0.29) is 11.6 Å². The average molecular weight is 248 g/mol. The van der Waals surface area contributed by atoms with Crippen molar-refractivity contribution in [2.24, 2.45) is 5.92 Å². The summed E-state index contributed by atoms with van der Waals surface area (Å²) in [5.41, 5.74) is 1.82. The Hall–Kier alpha value is -1.18. The van der Waals surface area contributed by atoms with E-state index in [1.54, 1.807) is 26.0 Å². The smallest absolute Gasteiger partial charge is 0.163 e. The van der Waals surface area contributed by atoms with E-state index in [9.17, 15) is 9.18 Å². The molecule has 1 aliphatic carbocycles. The van der Waals surface area contributed by atoms with Crippen LogP contribution in [0.3, 0.4) is 0 Å². The minimum absolute atomic E-state index is 0.174. The van der Waals surface area contributed by atoms with E-state index in [1.165, 1.54) is 32.1 Å². The lowest BCUT2D eigenvalue weighted by atomic mass is 9.84. The van der Waals surface area contributed by atoms with Crippen LogP contribution in [-0.4, -0.2) is 5.78 Å². The van der Waals surface area contributed by atoms with Crippen LogP contribution in [0, 0.1) is 25.6 Å². The van der Waals surface area contributed by atoms with Crippen molar-refractivity contribution in [1.82, 2.24) is 0 Å². The Bertz CT molecular complexity index is 421. The van der Waals surface area contributed by atoms with Gasteiger partial charge in [0.1, 0.15) is 5.82 Å². The van der Waals surface area contributed by atoms with Crippen molar-refractivity contribution in [3.8, 4) is 0 Å². The Labute approximate surface area is 108 Å². The lowest BCUT2D eigenvalue weighted by Crippen LogP contribution is -2.12. The second-order valence-electron chi connectivity index (χ2n) is 5.56. The van der Waals surface area contributed by atoms with Crippen LogP contribution in [0.15, 0.2) is 12.1 Å². The molecule has 0 amide bonds. The highest BCUT2D eigenvalue weighted by Gasteiger charge is 2.19. The summed E-state index contributed by atoms with van der Waals surface area (Å²) in [6.07, 6.45) is 6.78. The van der Waals surface area contributed by atoms with Gasteiger partial charge >= 0.3 is 0 Å². The van der Waals surface area contributed by atoms with Crippen molar-refractivity contribution in [2.75, 3.05) is 0 Å². The second kappa shape index (κ2) is 5.64. The number of ketones is 1. The highest BCUT2D eigenvalue weighted by atomic mass is 19.1. The normalized spacial score (nSPS) is 16.8. The molecule has 1 nitrogen and oxygen atoms in total. The zero-order chi connectivity index (χ0) is 13.1. The Balaban J connectivity index is 2.08. The van der Waals surface area contributed by atoms with Crippen molar-refractivity contribution in [3.05, 3.63) is 34.6 Å². The van der Waals surface area contributed by atoms with Gasteiger partial charge in [-0.05, 0) is 43.0 Å². The largest absolute Gasteiger partial charge is 0.294 e. The maximum Gasteiger partial charge on any atom is 0.163 e. The molecule has 18 heavy (non-hydrogen) atoms. The molecule has 0 heterocycles. The van der Waals surface area contributed by atoms with Gasteiger partial charge in [-0.2, -0.15) is 0 Å². The third kappa shape index (κ3) is 2.98. The van der Waals surface area contributed by atoms with Gasteiger partial charge in [0.2, 0.25) is 0 Å². The van der Waals surface area contributed by atoms with E-state index >= 15 is 0 Å². The highest BCUT2D eigenvalue weighted by molar-refractivity contribution is 5.96. The van der Waals surface area contributed by atoms with Gasteiger partial charge < -0.3 is 0 Å². The first-order valence-corrected chi connectivity index (χ1v) is 6.88. The van der Waals surface area contributed by atoms with Gasteiger partial charge in [-0.25, -0.2) is 4.39 Å². The summed E-state index contributed by atoms with van der Waals surface area (Å²) in [5, 5.41) is 0. The van der Waals surface area contributed by atoms with Gasteiger partial charge in [0.05, 0.1) is 0 Å². The van der Waals surface area contributed by atoms with E-state index < -0.39 is 0 Å². The number of carbonyl (C=O) groups excluding carboxylic acids is 1. The van der Waals surface area contributed by atoms with Crippen LogP contribution in [0.2, 0.25) is 0 Å². The highest BCUT2D eigenvalue weighted by Crippen LogP contribution is 2.28. The molecule has 2 heteroatoms. The first kappa shape index (κ1) is 13.3. The molecule has 1 saturated carbocycles. The number of hydrogen-bond acceptors (Lipinski definition) is 1. The molecule has 2 rings (SSSR count). The summed E-state index contributed by atoms with van der Waals surface area (Å²) in [6, 6.07) is 3.38. The first-order chi connectivity index (χ1) is 8.58. The molecular formula is C16H21FO. The molecule has 0 unspecified atom stereocenters. The van der Waals surface area contributed by atoms with Crippen molar-refractivity contribution >= 4 is 5.78 Å². The number of benzene rings is 1. The Morgan fingerprint density at radius 2 is 1.72 bits per heavy atom. The van der Waals surface area contributed by atoms with Crippen molar-refractivity contribution < 1.29 is 9.18 Å². The van der Waals surface area contributed by atoms with Crippen molar-refractivity contribution in [3.63, 3.8) is 0 Å². The van der Waals surface area contributed by atoms with Gasteiger partial charge in [-0.1, -0.05) is 32.1 Å². The third-order valence-corrected chi connectivity index (χ3v) is 3.96. The molecule has 0 bridgehead atoms. The van der Waals surface area contributed by atoms with Crippen LogP contribution in [0.4, 0.5) is 4.39 Å². The molecule has 0 saturated heterocycles. The molecule has 1 fully saturated rings. The van der Waals surface area contributed by atoms with E-state index in [4.69, 9.17) is 0 Å². The topological polar surface area (TPSA) is 17.1 Å². The molecule has 0 spiro atoms. The van der Waals surface area contributed by atoms with Crippen LogP contribution < -0.4 is 0 Å². The van der Waals surface area contributed by atoms with Crippen LogP contribution in [0.5, 0.6) is 0 Å². The standard InChI is InChI=1S/C16H21FO/c1-11-8-14(9-12(2)16(11)17)15(18)10-13-6-4-3-5-7-13/h8-9,13H,3-7,10H2,1-2H3. The van der Waals surface area contributed by atoms with E-state index in [0.29, 0.717) is 29.0 Å². The summed E-state index contributed by atoms with van der Waals surface area (Å²) >= 11 is 0. The minimum Gasteiger partial charge on any atom is -0.294 e. The van der Waals surface area contributed by atoms with Crippen molar-refractivity contribution in [2.45, 2.75) is 52.4 Å². The van der Waals surface area contributed by atoms with Crippen LogP contribution >= 0.6 is 0 Å². The van der Waals surface area contributed by atoms with Crippen LogP contribution in [-0.2, 0) is 0 Å². The molecule has 0 atom stereocenters. The van der Waals surface area contributed by atoms with Crippen molar-refractivity contribution in [1.29, 1.82) is 0 Å². The van der Waals surface area contributed by atoms with Gasteiger partial charge in [-0.3, -0.25) is 4.79 Å². The average Bonchev–Trinajstić information content (AvgIpc) is 2.36. The Morgan fingerprint density at radius 1 is 1.17 bits per heavy atom. The number of halogens is 1. The van der Waals surface area contributed by atoms with E-state index in [0.717, 1.165) is 0 Å². The van der Waals surface area contributed by atoms with Crippen LogP contribution in [0.1, 0.15) is 60.0 Å². The number of carbonyl (C=O) groups is 1. The second-order valence-corrected chi connectivity index (χ2v) is 5.56. The van der Waals surface area contributed by atoms with Gasteiger partial charge in [-0.15, -0.1) is 0 Å². The summed E-state index contributed by atoms with van der Waals surface area (Å²) in [4.78, 5) is 12.2. The molecule has 0 aromatic heterocycles. The number of rotatable bonds is 3. The molecule has 1 aromatic carbocycles. The molecular weight excluding hydrogens is 227 g/mol. The first-order valence-electron chi connectivity index (χ1n) is 6.88. The van der Waals surface area contributed by atoms with Gasteiger partial charge in [0.25, 0.3) is 0 Å². The third-order valence-electron chi connectivity index (χ3n) is 3.96. The SMILES string of the molecule is Cc1cc(C(=O)CC2CCCCC2)cc(C)c1F. The monoisotopic (exact) mass is 248 g/mol.